The number of hydrogen-bond donors (Lipinski definition) is 3. The number of imide groups is 1. The molecule has 2 aromatic rings. The largest absolute Gasteiger partial charge is 0.505 e. The molecule has 45 heavy (non-hydrogen) atoms. The molecule has 4 atom stereocenters. The second-order valence-corrected chi connectivity index (χ2v) is 12.9. The van der Waals surface area contributed by atoms with Crippen molar-refractivity contribution in [2.75, 3.05) is 19.7 Å². The number of likely N-dealkylation sites (tertiary alicyclic amines) is 2. The fourth-order valence-electron chi connectivity index (χ4n) is 7.99. The number of rotatable bonds is 9. The third kappa shape index (κ3) is 6.52. The highest BCUT2D eigenvalue weighted by atomic mass is 19.1. The standard InChI is InChI=1S/C35H42BFN2O6/c1-2-22(16-24-8-10-30(41)29(37)17-24)9-11-31-32-25(21-40)18-27-33(28(32)19-36(44)45-31)35(43)39(34(27)42)26-12-14-38(15-13-26)20-23-6-4-3-5-7-23/h3-8,10,16-17,26-28,31,33,40-41,44H,2,9,11-15,18-21H2,1H3/b22-16+/t27-,28+,31-,33-/m1/s1. The van der Waals surface area contributed by atoms with Crippen LogP contribution < -0.4 is 0 Å². The van der Waals surface area contributed by atoms with Crippen LogP contribution in [-0.4, -0.2) is 75.8 Å². The summed E-state index contributed by atoms with van der Waals surface area (Å²) in [7, 11) is -1.08. The van der Waals surface area contributed by atoms with Crippen molar-refractivity contribution >= 4 is 25.0 Å². The van der Waals surface area contributed by atoms with Crippen molar-refractivity contribution in [1.82, 2.24) is 9.80 Å². The molecule has 3 N–H and O–H groups in total. The van der Waals surface area contributed by atoms with Crippen LogP contribution in [-0.2, 0) is 20.8 Å². The van der Waals surface area contributed by atoms with Crippen LogP contribution in [0.15, 0.2) is 65.3 Å². The van der Waals surface area contributed by atoms with Gasteiger partial charge in [-0.3, -0.25) is 19.4 Å². The van der Waals surface area contributed by atoms with E-state index in [9.17, 15) is 29.2 Å². The highest BCUT2D eigenvalue weighted by molar-refractivity contribution is 6.43. The zero-order valence-corrected chi connectivity index (χ0v) is 25.8. The molecule has 1 aliphatic carbocycles. The van der Waals surface area contributed by atoms with Gasteiger partial charge in [-0.1, -0.05) is 55.0 Å². The number of amides is 2. The van der Waals surface area contributed by atoms with Crippen LogP contribution in [0.2, 0.25) is 6.32 Å². The van der Waals surface area contributed by atoms with Crippen molar-refractivity contribution in [3.05, 3.63) is 82.2 Å². The van der Waals surface area contributed by atoms with Crippen LogP contribution in [0.3, 0.4) is 0 Å². The molecule has 0 radical (unpaired) electrons. The number of aromatic hydroxyl groups is 1. The first kappa shape index (κ1) is 31.7. The van der Waals surface area contributed by atoms with Crippen LogP contribution in [0.5, 0.6) is 5.75 Å². The highest BCUT2D eigenvalue weighted by Crippen LogP contribution is 2.51. The van der Waals surface area contributed by atoms with Crippen molar-refractivity contribution in [1.29, 1.82) is 0 Å². The number of phenolic OH excluding ortho intramolecular Hbond substituents is 1. The summed E-state index contributed by atoms with van der Waals surface area (Å²) in [6, 6.07) is 14.4. The van der Waals surface area contributed by atoms with E-state index in [1.807, 2.05) is 31.2 Å². The Hall–Kier alpha value is -3.31. The first-order valence-electron chi connectivity index (χ1n) is 16.2. The van der Waals surface area contributed by atoms with E-state index in [0.29, 0.717) is 31.2 Å². The molecule has 3 heterocycles. The summed E-state index contributed by atoms with van der Waals surface area (Å²) in [5, 5.41) is 30.8. The molecule has 0 saturated carbocycles. The Balaban J connectivity index is 1.17. The molecule has 0 unspecified atom stereocenters. The second kappa shape index (κ2) is 13.6. The van der Waals surface area contributed by atoms with E-state index < -0.39 is 36.6 Å². The van der Waals surface area contributed by atoms with Gasteiger partial charge >= 0.3 is 7.12 Å². The molecular formula is C35H42BFN2O6. The van der Waals surface area contributed by atoms with Gasteiger partial charge in [0.2, 0.25) is 11.8 Å². The Bertz CT molecular complexity index is 1470. The normalized spacial score (nSPS) is 26.4. The SMILES string of the molecule is CC/C(=C\c1ccc(O)c(F)c1)CC[C@H]1OB(O)C[C@H]2C1=C(CO)C[C@H]1C(=O)N(C3CCN(Cc4ccccc4)CC3)C(=O)[C@H]12. The lowest BCUT2D eigenvalue weighted by atomic mass is 9.58. The summed E-state index contributed by atoms with van der Waals surface area (Å²) in [6.45, 7) is 4.23. The van der Waals surface area contributed by atoms with Gasteiger partial charge in [-0.2, -0.15) is 0 Å². The molecule has 3 aliphatic heterocycles. The third-order valence-electron chi connectivity index (χ3n) is 10.2. The molecule has 3 fully saturated rings. The molecule has 0 spiro atoms. The summed E-state index contributed by atoms with van der Waals surface area (Å²) in [5.74, 6) is -2.84. The molecule has 0 bridgehead atoms. The molecule has 10 heteroatoms. The number of aliphatic hydroxyl groups excluding tert-OH is 1. The first-order valence-corrected chi connectivity index (χ1v) is 16.2. The van der Waals surface area contributed by atoms with Gasteiger partial charge in [-0.15, -0.1) is 0 Å². The molecule has 4 aliphatic rings. The molecule has 2 aromatic carbocycles. The van der Waals surface area contributed by atoms with E-state index in [1.54, 1.807) is 6.07 Å². The van der Waals surface area contributed by atoms with E-state index in [-0.39, 0.29) is 36.7 Å². The smallest absolute Gasteiger partial charge is 0.455 e. The maximum Gasteiger partial charge on any atom is 0.455 e. The van der Waals surface area contributed by atoms with Crippen molar-refractivity contribution < 1.29 is 33.9 Å². The van der Waals surface area contributed by atoms with E-state index in [1.165, 1.54) is 22.6 Å². The van der Waals surface area contributed by atoms with Crippen molar-refractivity contribution in [2.24, 2.45) is 17.8 Å². The summed E-state index contributed by atoms with van der Waals surface area (Å²) in [5.41, 5.74) is 4.52. The summed E-state index contributed by atoms with van der Waals surface area (Å²) in [4.78, 5) is 31.8. The van der Waals surface area contributed by atoms with Gasteiger partial charge in [-0.25, -0.2) is 4.39 Å². The predicted molar refractivity (Wildman–Crippen MR) is 169 cm³/mol. The lowest BCUT2D eigenvalue weighted by Crippen LogP contribution is -2.48. The molecule has 2 amide bonds. The topological polar surface area (TPSA) is 111 Å². The maximum absolute atomic E-state index is 14.1. The number of hydrogen-bond acceptors (Lipinski definition) is 7. The zero-order chi connectivity index (χ0) is 31.7. The fourth-order valence-corrected chi connectivity index (χ4v) is 7.99. The van der Waals surface area contributed by atoms with Crippen LogP contribution >= 0.6 is 0 Å². The number of fused-ring (bicyclic) bond motifs is 3. The van der Waals surface area contributed by atoms with Gasteiger partial charge in [0.05, 0.1) is 24.5 Å². The van der Waals surface area contributed by atoms with E-state index in [4.69, 9.17) is 4.65 Å². The van der Waals surface area contributed by atoms with Crippen molar-refractivity contribution in [3.63, 3.8) is 0 Å². The molecule has 0 aromatic heterocycles. The highest BCUT2D eigenvalue weighted by Gasteiger charge is 2.58. The second-order valence-electron chi connectivity index (χ2n) is 12.9. The minimum atomic E-state index is -1.08. The number of piperidine rings is 1. The average Bonchev–Trinajstić information content (AvgIpc) is 3.30. The summed E-state index contributed by atoms with van der Waals surface area (Å²) < 4.78 is 20.0. The third-order valence-corrected chi connectivity index (χ3v) is 10.2. The van der Waals surface area contributed by atoms with Crippen LogP contribution in [0.1, 0.15) is 56.6 Å². The number of phenols is 1. The van der Waals surface area contributed by atoms with Crippen LogP contribution in [0.25, 0.3) is 6.08 Å². The van der Waals surface area contributed by atoms with Gasteiger partial charge in [0.15, 0.2) is 11.6 Å². The van der Waals surface area contributed by atoms with Gasteiger partial charge < -0.3 is 19.9 Å². The minimum absolute atomic E-state index is 0.147. The quantitative estimate of drug-likeness (QED) is 0.215. The average molecular weight is 617 g/mol. The Labute approximate surface area is 264 Å². The molecule has 8 nitrogen and oxygen atoms in total. The maximum atomic E-state index is 14.1. The predicted octanol–water partition coefficient (Wildman–Crippen LogP) is 4.56. The van der Waals surface area contributed by atoms with E-state index in [2.05, 4.69) is 17.0 Å². The number of benzene rings is 2. The monoisotopic (exact) mass is 616 g/mol. The van der Waals surface area contributed by atoms with Gasteiger partial charge in [0, 0.05) is 25.7 Å². The van der Waals surface area contributed by atoms with Crippen LogP contribution in [0.4, 0.5) is 4.39 Å². The Kier molecular flexibility index (Phi) is 9.56. The lowest BCUT2D eigenvalue weighted by molar-refractivity contribution is -0.144. The lowest BCUT2D eigenvalue weighted by Gasteiger charge is -2.43. The fraction of sp³-hybridized carbons (Fsp3) is 0.486. The number of carbonyl (C=O) groups excluding carboxylic acids is 2. The van der Waals surface area contributed by atoms with Crippen LogP contribution in [0, 0.1) is 23.6 Å². The summed E-state index contributed by atoms with van der Waals surface area (Å²) >= 11 is 0. The summed E-state index contributed by atoms with van der Waals surface area (Å²) in [6.07, 6.45) is 5.19. The van der Waals surface area contributed by atoms with Gasteiger partial charge in [0.1, 0.15) is 0 Å². The zero-order valence-electron chi connectivity index (χ0n) is 25.8. The number of allylic oxidation sites excluding steroid dienone is 1. The van der Waals surface area contributed by atoms with Gasteiger partial charge in [-0.05, 0) is 85.2 Å². The first-order chi connectivity index (χ1) is 21.8. The Morgan fingerprint density at radius 2 is 1.84 bits per heavy atom. The number of halogens is 1. The van der Waals surface area contributed by atoms with Gasteiger partial charge in [0.25, 0.3) is 0 Å². The molecule has 238 valence electrons. The minimum Gasteiger partial charge on any atom is -0.505 e. The number of nitrogens with zero attached hydrogens (tertiary/aromatic N) is 2. The number of aliphatic hydroxyl groups is 1. The number of carbonyl (C=O) groups is 2. The molecule has 3 saturated heterocycles. The Morgan fingerprint density at radius 3 is 2.53 bits per heavy atom. The molecular weight excluding hydrogens is 574 g/mol. The van der Waals surface area contributed by atoms with E-state index in [0.717, 1.165) is 49.2 Å². The Morgan fingerprint density at radius 1 is 1.09 bits per heavy atom. The molecule has 6 rings (SSSR count). The van der Waals surface area contributed by atoms with E-state index >= 15 is 0 Å². The van der Waals surface area contributed by atoms with Crippen molar-refractivity contribution in [2.45, 2.75) is 70.5 Å². The van der Waals surface area contributed by atoms with Crippen molar-refractivity contribution in [3.8, 4) is 5.75 Å².